The van der Waals surface area contributed by atoms with E-state index in [2.05, 4.69) is 67.8 Å². The number of esters is 1. The van der Waals surface area contributed by atoms with Crippen molar-refractivity contribution in [1.82, 2.24) is 5.32 Å². The van der Waals surface area contributed by atoms with Crippen LogP contribution >= 0.6 is 0 Å². The molecule has 6 heteroatoms. The second-order valence-electron chi connectivity index (χ2n) is 24.9. The van der Waals surface area contributed by atoms with Crippen molar-refractivity contribution in [2.75, 3.05) is 13.2 Å². The molecule has 0 aliphatic heterocycles. The molecule has 2 atom stereocenters. The Labute approximate surface area is 511 Å². The Kier molecular flexibility index (Phi) is 68.9. The van der Waals surface area contributed by atoms with Crippen molar-refractivity contribution < 1.29 is 24.5 Å². The fourth-order valence-electron chi connectivity index (χ4n) is 11.2. The van der Waals surface area contributed by atoms with Crippen molar-refractivity contribution in [3.8, 4) is 0 Å². The minimum Gasteiger partial charge on any atom is -0.466 e. The number of aliphatic hydroxyl groups excluding tert-OH is 2. The van der Waals surface area contributed by atoms with E-state index in [0.717, 1.165) is 57.8 Å². The number of hydrogen-bond donors (Lipinski definition) is 3. The maximum atomic E-state index is 12.5. The predicted molar refractivity (Wildman–Crippen MR) is 361 cm³/mol. The van der Waals surface area contributed by atoms with Crippen LogP contribution in [0.5, 0.6) is 0 Å². The number of hydrogen-bond acceptors (Lipinski definition) is 5. The van der Waals surface area contributed by atoms with Crippen molar-refractivity contribution in [1.29, 1.82) is 0 Å². The molecule has 0 saturated heterocycles. The van der Waals surface area contributed by atoms with E-state index < -0.39 is 12.1 Å². The zero-order valence-corrected chi connectivity index (χ0v) is 55.0. The number of rotatable bonds is 68. The maximum absolute atomic E-state index is 12.5. The number of aliphatic hydroxyl groups is 2. The number of unbranched alkanes of at least 4 members (excludes halogenated alkanes) is 49. The predicted octanol–water partition coefficient (Wildman–Crippen LogP) is 23.8. The monoisotopic (exact) mass is 1150 g/mol. The van der Waals surface area contributed by atoms with Gasteiger partial charge in [0.2, 0.25) is 5.91 Å². The van der Waals surface area contributed by atoms with Crippen molar-refractivity contribution in [3.63, 3.8) is 0 Å². The molecule has 0 bridgehead atoms. The SMILES string of the molecule is CCCC/C=C\C/C=C\CCCCCCCC(=O)OCCCCCCCCCCC/C=C\C/C=C\CCCCCCCCCCCCCCCCCC(=O)NC(CO)C(O)/C=C/CCCCCCCCCCCCCCCCCCCC. The van der Waals surface area contributed by atoms with Gasteiger partial charge in [0.1, 0.15) is 0 Å². The number of nitrogens with one attached hydrogen (secondary N) is 1. The lowest BCUT2D eigenvalue weighted by Gasteiger charge is -2.20. The number of carbonyl (C=O) groups is 2. The zero-order chi connectivity index (χ0) is 59.2. The Morgan fingerprint density at radius 2 is 0.622 bits per heavy atom. The molecule has 0 heterocycles. The Hall–Kier alpha value is -2.44. The van der Waals surface area contributed by atoms with E-state index in [4.69, 9.17) is 4.74 Å². The average molecular weight is 1150 g/mol. The molecule has 0 radical (unpaired) electrons. The second kappa shape index (κ2) is 71.0. The summed E-state index contributed by atoms with van der Waals surface area (Å²) in [5, 5.41) is 23.2. The lowest BCUT2D eigenvalue weighted by atomic mass is 10.0. The van der Waals surface area contributed by atoms with Gasteiger partial charge in [-0.15, -0.1) is 0 Å². The van der Waals surface area contributed by atoms with Crippen LogP contribution in [0, 0.1) is 0 Å². The van der Waals surface area contributed by atoms with Gasteiger partial charge >= 0.3 is 5.97 Å². The second-order valence-corrected chi connectivity index (χ2v) is 24.9. The summed E-state index contributed by atoms with van der Waals surface area (Å²) in [5.74, 6) is -0.0664. The van der Waals surface area contributed by atoms with Crippen molar-refractivity contribution in [3.05, 3.63) is 60.8 Å². The summed E-state index contributed by atoms with van der Waals surface area (Å²) in [7, 11) is 0. The molecule has 480 valence electrons. The Morgan fingerprint density at radius 1 is 0.341 bits per heavy atom. The van der Waals surface area contributed by atoms with Crippen LogP contribution in [0.2, 0.25) is 0 Å². The summed E-state index contributed by atoms with van der Waals surface area (Å²) in [6, 6.07) is -0.629. The number of allylic oxidation sites excluding steroid dienone is 9. The Bertz CT molecular complexity index is 1420. The first-order valence-corrected chi connectivity index (χ1v) is 36.6. The van der Waals surface area contributed by atoms with Crippen LogP contribution in [-0.4, -0.2) is 47.4 Å². The molecule has 0 aromatic carbocycles. The van der Waals surface area contributed by atoms with Gasteiger partial charge in [-0.2, -0.15) is 0 Å². The van der Waals surface area contributed by atoms with Gasteiger partial charge in [-0.1, -0.05) is 344 Å². The minimum atomic E-state index is -0.846. The van der Waals surface area contributed by atoms with Crippen LogP contribution in [0.3, 0.4) is 0 Å². The summed E-state index contributed by atoms with van der Waals surface area (Å²) in [5.41, 5.74) is 0. The van der Waals surface area contributed by atoms with Gasteiger partial charge in [0, 0.05) is 12.8 Å². The van der Waals surface area contributed by atoms with Gasteiger partial charge < -0.3 is 20.3 Å². The van der Waals surface area contributed by atoms with Crippen LogP contribution in [0.25, 0.3) is 0 Å². The topological polar surface area (TPSA) is 95.9 Å². The van der Waals surface area contributed by atoms with E-state index >= 15 is 0 Å². The third-order valence-electron chi connectivity index (χ3n) is 16.8. The van der Waals surface area contributed by atoms with Crippen LogP contribution in [0.4, 0.5) is 0 Å². The Morgan fingerprint density at radius 3 is 0.963 bits per heavy atom. The van der Waals surface area contributed by atoms with Gasteiger partial charge in [0.05, 0.1) is 25.4 Å². The van der Waals surface area contributed by atoms with Gasteiger partial charge in [-0.05, 0) is 89.9 Å². The van der Waals surface area contributed by atoms with Gasteiger partial charge in [0.25, 0.3) is 0 Å². The van der Waals surface area contributed by atoms with E-state index in [-0.39, 0.29) is 18.5 Å². The van der Waals surface area contributed by atoms with E-state index in [1.807, 2.05) is 6.08 Å². The van der Waals surface area contributed by atoms with Crippen LogP contribution < -0.4 is 5.32 Å². The largest absolute Gasteiger partial charge is 0.466 e. The smallest absolute Gasteiger partial charge is 0.305 e. The number of ether oxygens (including phenoxy) is 1. The molecule has 0 rings (SSSR count). The molecule has 82 heavy (non-hydrogen) atoms. The molecule has 0 aliphatic rings. The molecule has 3 N–H and O–H groups in total. The molecular formula is C76H141NO5. The van der Waals surface area contributed by atoms with Crippen molar-refractivity contribution in [2.24, 2.45) is 0 Å². The third kappa shape index (κ3) is 66.7. The van der Waals surface area contributed by atoms with Crippen molar-refractivity contribution in [2.45, 2.75) is 398 Å². The summed E-state index contributed by atoms with van der Waals surface area (Å²) < 4.78 is 5.48. The van der Waals surface area contributed by atoms with Crippen LogP contribution in [0.15, 0.2) is 60.8 Å². The van der Waals surface area contributed by atoms with Gasteiger partial charge in [-0.3, -0.25) is 9.59 Å². The maximum Gasteiger partial charge on any atom is 0.305 e. The first-order valence-electron chi connectivity index (χ1n) is 36.6. The fourth-order valence-corrected chi connectivity index (χ4v) is 11.2. The lowest BCUT2D eigenvalue weighted by Crippen LogP contribution is -2.45. The molecular weight excluding hydrogens is 1010 g/mol. The van der Waals surface area contributed by atoms with Gasteiger partial charge in [-0.25, -0.2) is 0 Å². The number of carbonyl (C=O) groups excluding carboxylic acids is 2. The molecule has 0 spiro atoms. The molecule has 0 aromatic heterocycles. The van der Waals surface area contributed by atoms with E-state index in [1.165, 1.54) is 302 Å². The summed E-state index contributed by atoms with van der Waals surface area (Å²) in [4.78, 5) is 24.6. The third-order valence-corrected chi connectivity index (χ3v) is 16.8. The molecule has 0 saturated carbocycles. The van der Waals surface area contributed by atoms with Crippen LogP contribution in [-0.2, 0) is 14.3 Å². The molecule has 0 aromatic rings. The highest BCUT2D eigenvalue weighted by Gasteiger charge is 2.18. The fraction of sp³-hybridized carbons (Fsp3) is 0.842. The molecule has 0 aliphatic carbocycles. The molecule has 0 fully saturated rings. The molecule has 1 amide bonds. The first kappa shape index (κ1) is 79.6. The van der Waals surface area contributed by atoms with E-state index in [9.17, 15) is 19.8 Å². The zero-order valence-electron chi connectivity index (χ0n) is 55.0. The quantitative estimate of drug-likeness (QED) is 0.0320. The van der Waals surface area contributed by atoms with Crippen LogP contribution in [0.1, 0.15) is 386 Å². The Balaban J connectivity index is 3.43. The first-order chi connectivity index (χ1) is 40.5. The van der Waals surface area contributed by atoms with Gasteiger partial charge in [0.15, 0.2) is 0 Å². The summed E-state index contributed by atoms with van der Waals surface area (Å²) >= 11 is 0. The summed E-state index contributed by atoms with van der Waals surface area (Å²) in [6.07, 6.45) is 94.5. The highest BCUT2D eigenvalue weighted by atomic mass is 16.5. The average Bonchev–Trinajstić information content (AvgIpc) is 3.48. The minimum absolute atomic E-state index is 0.00188. The standard InChI is InChI=1S/C76H141NO5/c1-3-5-7-9-11-13-15-17-19-20-21-35-38-41-44-48-52-56-60-64-68-74(79)73(72-78)77-75(80)69-65-61-57-53-49-45-42-39-36-33-31-29-27-25-23-22-24-26-28-30-32-34-37-40-43-47-51-55-59-63-67-71-82-76(81)70-66-62-58-54-50-46-18-16-14-12-10-8-6-4-2/h10,12,16,18,24,26,30,32,64,68,73-74,78-79H,3-9,11,13-15,17,19-23,25,27-29,31,33-63,65-67,69-72H2,1-2H3,(H,77,80)/b12-10-,18-16-,26-24-,32-30-,68-64+. The highest BCUT2D eigenvalue weighted by molar-refractivity contribution is 5.76. The van der Waals surface area contributed by atoms with Crippen molar-refractivity contribution >= 4 is 11.9 Å². The number of amides is 1. The van der Waals surface area contributed by atoms with E-state index in [0.29, 0.717) is 19.4 Å². The normalized spacial score (nSPS) is 12.9. The van der Waals surface area contributed by atoms with E-state index in [1.54, 1.807) is 6.08 Å². The molecule has 6 nitrogen and oxygen atoms in total. The lowest BCUT2D eigenvalue weighted by molar-refractivity contribution is -0.143. The highest BCUT2D eigenvalue weighted by Crippen LogP contribution is 2.18. The molecule has 2 unspecified atom stereocenters. The summed E-state index contributed by atoms with van der Waals surface area (Å²) in [6.45, 7) is 4.88.